The van der Waals surface area contributed by atoms with Crippen LogP contribution in [-0.2, 0) is 17.9 Å². The van der Waals surface area contributed by atoms with Gasteiger partial charge in [0, 0.05) is 23.4 Å². The Morgan fingerprint density at radius 2 is 2.12 bits per heavy atom. The monoisotopic (exact) mass is 368 g/mol. The van der Waals surface area contributed by atoms with Crippen LogP contribution in [0.15, 0.2) is 47.1 Å². The van der Waals surface area contributed by atoms with Gasteiger partial charge in [-0.25, -0.2) is 4.98 Å². The number of rotatable bonds is 5. The molecule has 1 amide bonds. The Hall–Kier alpha value is -2.33. The van der Waals surface area contributed by atoms with E-state index in [0.29, 0.717) is 18.2 Å². The van der Waals surface area contributed by atoms with Crippen molar-refractivity contribution in [1.82, 2.24) is 9.88 Å². The van der Waals surface area contributed by atoms with E-state index < -0.39 is 0 Å². The van der Waals surface area contributed by atoms with Crippen LogP contribution in [0.1, 0.15) is 36.1 Å². The zero-order valence-corrected chi connectivity index (χ0v) is 15.5. The maximum atomic E-state index is 12.9. The molecule has 1 aliphatic rings. The van der Waals surface area contributed by atoms with Crippen LogP contribution in [0.3, 0.4) is 0 Å². The normalized spacial score (nSPS) is 14.4. The Morgan fingerprint density at radius 1 is 1.27 bits per heavy atom. The number of furan rings is 1. The molecule has 0 bridgehead atoms. The van der Waals surface area contributed by atoms with E-state index in [4.69, 9.17) is 16.0 Å². The quantitative estimate of drug-likeness (QED) is 0.587. The van der Waals surface area contributed by atoms with Crippen molar-refractivity contribution in [2.45, 2.75) is 39.3 Å². The lowest BCUT2D eigenvalue weighted by Gasteiger charge is -2.31. The third kappa shape index (κ3) is 3.34. The van der Waals surface area contributed by atoms with Crippen LogP contribution in [0.2, 0.25) is 5.15 Å². The Balaban J connectivity index is 1.65. The molecule has 0 spiro atoms. The third-order valence-corrected chi connectivity index (χ3v) is 5.45. The Labute approximate surface area is 157 Å². The van der Waals surface area contributed by atoms with Gasteiger partial charge in [0.15, 0.2) is 0 Å². The molecule has 3 aromatic rings. The summed E-state index contributed by atoms with van der Waals surface area (Å²) in [6.45, 7) is 2.91. The second kappa shape index (κ2) is 7.12. The maximum Gasteiger partial charge on any atom is 0.226 e. The van der Waals surface area contributed by atoms with E-state index in [9.17, 15) is 4.79 Å². The molecule has 4 nitrogen and oxygen atoms in total. The fourth-order valence-corrected chi connectivity index (χ4v) is 3.60. The van der Waals surface area contributed by atoms with Crippen molar-refractivity contribution in [2.24, 2.45) is 5.92 Å². The molecule has 1 aliphatic carbocycles. The van der Waals surface area contributed by atoms with Crippen molar-refractivity contribution in [1.29, 1.82) is 0 Å². The fourth-order valence-electron chi connectivity index (χ4n) is 3.40. The highest BCUT2D eigenvalue weighted by Gasteiger charge is 2.30. The van der Waals surface area contributed by atoms with Crippen molar-refractivity contribution in [2.75, 3.05) is 0 Å². The molecular formula is C21H21ClN2O2. The van der Waals surface area contributed by atoms with E-state index in [-0.39, 0.29) is 11.8 Å². The minimum atomic E-state index is 0.124. The predicted molar refractivity (Wildman–Crippen MR) is 102 cm³/mol. The van der Waals surface area contributed by atoms with Crippen molar-refractivity contribution in [3.05, 3.63) is 64.7 Å². The molecule has 2 aromatic heterocycles. The van der Waals surface area contributed by atoms with Crippen molar-refractivity contribution >= 4 is 28.4 Å². The molecule has 134 valence electrons. The molecule has 0 saturated heterocycles. The van der Waals surface area contributed by atoms with Gasteiger partial charge in [0.2, 0.25) is 5.91 Å². The van der Waals surface area contributed by atoms with Crippen molar-refractivity contribution in [3.63, 3.8) is 0 Å². The molecule has 0 unspecified atom stereocenters. The fraction of sp³-hybridized carbons (Fsp3) is 0.333. The highest BCUT2D eigenvalue weighted by atomic mass is 35.5. The van der Waals surface area contributed by atoms with Crippen LogP contribution < -0.4 is 0 Å². The summed E-state index contributed by atoms with van der Waals surface area (Å²) in [4.78, 5) is 19.3. The van der Waals surface area contributed by atoms with E-state index in [1.54, 1.807) is 6.26 Å². The standard InChI is InChI=1S/C21H21ClN2O2/c1-14-5-2-8-16-11-17(20(22)23-19(14)16)12-24(13-18-9-4-10-26-18)21(25)15-6-3-7-15/h2,4-5,8-11,15H,3,6-7,12-13H2,1H3. The zero-order valence-electron chi connectivity index (χ0n) is 14.7. The molecule has 5 heteroatoms. The highest BCUT2D eigenvalue weighted by Crippen LogP contribution is 2.31. The van der Waals surface area contributed by atoms with Gasteiger partial charge in [-0.1, -0.05) is 36.2 Å². The van der Waals surface area contributed by atoms with Crippen LogP contribution in [0, 0.1) is 12.8 Å². The summed E-state index contributed by atoms with van der Waals surface area (Å²) in [6.07, 6.45) is 4.70. The molecule has 1 fully saturated rings. The molecule has 0 N–H and O–H groups in total. The first-order chi connectivity index (χ1) is 12.6. The van der Waals surface area contributed by atoms with Gasteiger partial charge in [0.1, 0.15) is 10.9 Å². The molecule has 4 rings (SSSR count). The number of benzene rings is 1. The average molecular weight is 369 g/mol. The topological polar surface area (TPSA) is 46.3 Å². The molecule has 1 saturated carbocycles. The lowest BCUT2D eigenvalue weighted by Crippen LogP contribution is -2.38. The molecule has 0 radical (unpaired) electrons. The highest BCUT2D eigenvalue weighted by molar-refractivity contribution is 6.30. The number of pyridine rings is 1. The number of carbonyl (C=O) groups excluding carboxylic acids is 1. The molecule has 0 aliphatic heterocycles. The average Bonchev–Trinajstić information content (AvgIpc) is 3.07. The maximum absolute atomic E-state index is 12.9. The molecule has 26 heavy (non-hydrogen) atoms. The van der Waals surface area contributed by atoms with Crippen LogP contribution in [0.25, 0.3) is 10.9 Å². The zero-order chi connectivity index (χ0) is 18.1. The van der Waals surface area contributed by atoms with Crippen molar-refractivity contribution < 1.29 is 9.21 Å². The SMILES string of the molecule is Cc1cccc2cc(CN(Cc3ccco3)C(=O)C3CCC3)c(Cl)nc12. The van der Waals surface area contributed by atoms with Crippen LogP contribution >= 0.6 is 11.6 Å². The number of carbonyl (C=O) groups is 1. The predicted octanol–water partition coefficient (Wildman–Crippen LogP) is 5.12. The second-order valence-corrected chi connectivity index (χ2v) is 7.34. The Kier molecular flexibility index (Phi) is 4.68. The first kappa shape index (κ1) is 17.1. The molecule has 0 atom stereocenters. The van der Waals surface area contributed by atoms with Gasteiger partial charge in [-0.15, -0.1) is 0 Å². The van der Waals surface area contributed by atoms with Gasteiger partial charge < -0.3 is 9.32 Å². The first-order valence-electron chi connectivity index (χ1n) is 8.98. The van der Waals surface area contributed by atoms with Gasteiger partial charge in [-0.2, -0.15) is 0 Å². The smallest absolute Gasteiger partial charge is 0.226 e. The summed E-state index contributed by atoms with van der Waals surface area (Å²) in [5.74, 6) is 1.07. The number of halogens is 1. The van der Waals surface area contributed by atoms with E-state index in [0.717, 1.165) is 47.1 Å². The lowest BCUT2D eigenvalue weighted by molar-refractivity contribution is -0.139. The second-order valence-electron chi connectivity index (χ2n) is 6.99. The minimum Gasteiger partial charge on any atom is -0.467 e. The first-order valence-corrected chi connectivity index (χ1v) is 9.35. The summed E-state index contributed by atoms with van der Waals surface area (Å²) in [6, 6.07) is 11.8. The number of hydrogen-bond acceptors (Lipinski definition) is 3. The number of aryl methyl sites for hydroxylation is 1. The summed E-state index contributed by atoms with van der Waals surface area (Å²) < 4.78 is 5.46. The van der Waals surface area contributed by atoms with Gasteiger partial charge in [0.25, 0.3) is 0 Å². The number of fused-ring (bicyclic) bond motifs is 1. The Morgan fingerprint density at radius 3 is 2.81 bits per heavy atom. The number of nitrogens with zero attached hydrogens (tertiary/aromatic N) is 2. The molecule has 1 aromatic carbocycles. The minimum absolute atomic E-state index is 0.124. The largest absolute Gasteiger partial charge is 0.467 e. The summed E-state index contributed by atoms with van der Waals surface area (Å²) in [7, 11) is 0. The van der Waals surface area contributed by atoms with Gasteiger partial charge in [-0.3, -0.25) is 4.79 Å². The summed E-state index contributed by atoms with van der Waals surface area (Å²) in [5, 5.41) is 1.50. The van der Waals surface area contributed by atoms with Crippen LogP contribution in [0.5, 0.6) is 0 Å². The van der Waals surface area contributed by atoms with Crippen molar-refractivity contribution in [3.8, 4) is 0 Å². The van der Waals surface area contributed by atoms with E-state index in [2.05, 4.69) is 4.98 Å². The van der Waals surface area contributed by atoms with Gasteiger partial charge in [0.05, 0.1) is 18.3 Å². The molecular weight excluding hydrogens is 348 g/mol. The van der Waals surface area contributed by atoms with E-state index in [1.165, 1.54) is 0 Å². The van der Waals surface area contributed by atoms with E-state index >= 15 is 0 Å². The van der Waals surface area contributed by atoms with E-state index in [1.807, 2.05) is 48.2 Å². The summed E-state index contributed by atoms with van der Waals surface area (Å²) in [5.41, 5.74) is 2.86. The summed E-state index contributed by atoms with van der Waals surface area (Å²) >= 11 is 6.46. The molecule has 2 heterocycles. The third-order valence-electron chi connectivity index (χ3n) is 5.13. The number of amides is 1. The van der Waals surface area contributed by atoms with Crippen LogP contribution in [-0.4, -0.2) is 15.8 Å². The number of para-hydroxylation sites is 1. The number of aromatic nitrogens is 1. The van der Waals surface area contributed by atoms with Gasteiger partial charge in [-0.05, 0) is 43.5 Å². The Bertz CT molecular complexity index is 933. The lowest BCUT2D eigenvalue weighted by atomic mass is 9.84. The number of hydrogen-bond donors (Lipinski definition) is 0. The van der Waals surface area contributed by atoms with Crippen LogP contribution in [0.4, 0.5) is 0 Å². The van der Waals surface area contributed by atoms with Gasteiger partial charge >= 0.3 is 0 Å².